The van der Waals surface area contributed by atoms with Crippen LogP contribution in [0.15, 0.2) is 28.0 Å². The average Bonchev–Trinajstić information content (AvgIpc) is 3.20. The third-order valence-electron chi connectivity index (χ3n) is 5.13. The fraction of sp³-hybridized carbons (Fsp3) is 0.474. The maximum absolute atomic E-state index is 13.1. The van der Waals surface area contributed by atoms with Gasteiger partial charge in [-0.1, -0.05) is 58.6 Å². The molecule has 7 nitrogen and oxygen atoms in total. The van der Waals surface area contributed by atoms with E-state index in [9.17, 15) is 4.79 Å². The van der Waals surface area contributed by atoms with Crippen molar-refractivity contribution in [2.75, 3.05) is 6.61 Å². The van der Waals surface area contributed by atoms with Crippen LogP contribution in [0, 0.1) is 11.3 Å². The van der Waals surface area contributed by atoms with E-state index in [1.807, 2.05) is 0 Å². The molecule has 0 saturated heterocycles. The highest BCUT2D eigenvalue weighted by Gasteiger charge is 2.62. The summed E-state index contributed by atoms with van der Waals surface area (Å²) in [7, 11) is 0. The fourth-order valence-corrected chi connectivity index (χ4v) is 4.78. The van der Waals surface area contributed by atoms with Crippen molar-refractivity contribution in [1.82, 2.24) is 10.3 Å². The molecule has 2 heterocycles. The molecule has 0 fully saturated rings. The van der Waals surface area contributed by atoms with Crippen molar-refractivity contribution >= 4 is 34.9 Å². The van der Waals surface area contributed by atoms with E-state index in [1.54, 1.807) is 25.1 Å². The Morgan fingerprint density at radius 3 is 2.68 bits per heavy atom. The summed E-state index contributed by atoms with van der Waals surface area (Å²) in [6.07, 6.45) is 1.12. The minimum atomic E-state index is -1.19. The zero-order valence-corrected chi connectivity index (χ0v) is 17.2. The van der Waals surface area contributed by atoms with Gasteiger partial charge in [-0.25, -0.2) is 4.63 Å². The van der Waals surface area contributed by atoms with Crippen LogP contribution < -0.4 is 0 Å². The van der Waals surface area contributed by atoms with Gasteiger partial charge in [0, 0.05) is 18.4 Å². The number of carbonyl (C=O) groups excluding carboxylic acids is 1. The quantitative estimate of drug-likeness (QED) is 0.688. The Balaban J connectivity index is 1.90. The summed E-state index contributed by atoms with van der Waals surface area (Å²) in [5.41, 5.74) is 0.453. The van der Waals surface area contributed by atoms with Crippen LogP contribution in [0.3, 0.4) is 0 Å². The van der Waals surface area contributed by atoms with Crippen LogP contribution in [0.25, 0.3) is 0 Å². The molecule has 1 aliphatic carbocycles. The van der Waals surface area contributed by atoms with E-state index < -0.39 is 17.5 Å². The van der Waals surface area contributed by atoms with Crippen LogP contribution in [0.4, 0.5) is 0 Å². The minimum absolute atomic E-state index is 0.211. The van der Waals surface area contributed by atoms with Gasteiger partial charge in [-0.2, -0.15) is 0 Å². The van der Waals surface area contributed by atoms with Crippen LogP contribution in [-0.4, -0.2) is 28.6 Å². The summed E-state index contributed by atoms with van der Waals surface area (Å²) in [5.74, 6) is -1.39. The van der Waals surface area contributed by atoms with Gasteiger partial charge in [0.25, 0.3) is 0 Å². The van der Waals surface area contributed by atoms with Gasteiger partial charge in [-0.05, 0) is 24.5 Å². The van der Waals surface area contributed by atoms with Crippen molar-refractivity contribution in [2.24, 2.45) is 16.5 Å². The zero-order valence-electron chi connectivity index (χ0n) is 15.7. The maximum Gasteiger partial charge on any atom is 0.319 e. The summed E-state index contributed by atoms with van der Waals surface area (Å²) in [4.78, 5) is 19.1. The Hall–Kier alpha value is -2.12. The van der Waals surface area contributed by atoms with Crippen molar-refractivity contribution < 1.29 is 19.0 Å². The molecule has 148 valence electrons. The van der Waals surface area contributed by atoms with Gasteiger partial charge in [0.1, 0.15) is 11.4 Å². The lowest BCUT2D eigenvalue weighted by molar-refractivity contribution is -0.160. The largest absolute Gasteiger partial charge is 0.465 e. The lowest BCUT2D eigenvalue weighted by Gasteiger charge is -2.40. The van der Waals surface area contributed by atoms with Crippen molar-refractivity contribution in [2.45, 2.75) is 39.2 Å². The van der Waals surface area contributed by atoms with Crippen LogP contribution in [0.5, 0.6) is 0 Å². The van der Waals surface area contributed by atoms with E-state index >= 15 is 0 Å². The number of aromatic nitrogens is 2. The highest BCUT2D eigenvalue weighted by molar-refractivity contribution is 6.41. The maximum atomic E-state index is 13.1. The van der Waals surface area contributed by atoms with E-state index in [0.29, 0.717) is 45.5 Å². The molecule has 1 aromatic heterocycles. The van der Waals surface area contributed by atoms with Gasteiger partial charge in [0.05, 0.1) is 16.7 Å². The van der Waals surface area contributed by atoms with Crippen molar-refractivity contribution in [3.8, 4) is 0 Å². The molecule has 0 N–H and O–H groups in total. The van der Waals surface area contributed by atoms with Gasteiger partial charge in [-0.3, -0.25) is 4.79 Å². The number of halogens is 2. The predicted octanol–water partition coefficient (Wildman–Crippen LogP) is 4.16. The number of nitrogens with zero attached hydrogens (tertiary/aromatic N) is 3. The zero-order chi connectivity index (χ0) is 20.1. The molecular formula is C19H19Cl2N3O4. The lowest BCUT2D eigenvalue weighted by atomic mass is 9.64. The molecule has 1 aliphatic heterocycles. The van der Waals surface area contributed by atoms with Crippen molar-refractivity contribution in [3.05, 3.63) is 45.2 Å². The Morgan fingerprint density at radius 1 is 1.29 bits per heavy atom. The van der Waals surface area contributed by atoms with Crippen molar-refractivity contribution in [1.29, 1.82) is 0 Å². The van der Waals surface area contributed by atoms with Gasteiger partial charge in [-0.15, -0.1) is 0 Å². The molecule has 9 heteroatoms. The monoisotopic (exact) mass is 423 g/mol. The predicted molar refractivity (Wildman–Crippen MR) is 102 cm³/mol. The third-order valence-corrected chi connectivity index (χ3v) is 5.76. The molecule has 2 aromatic rings. The summed E-state index contributed by atoms with van der Waals surface area (Å²) in [6, 6.07) is 5.10. The molecule has 0 amide bonds. The highest BCUT2D eigenvalue weighted by atomic mass is 35.5. The Labute approximate surface area is 171 Å². The minimum Gasteiger partial charge on any atom is -0.465 e. The molecule has 2 aliphatic rings. The molecule has 0 radical (unpaired) electrons. The summed E-state index contributed by atoms with van der Waals surface area (Å²) in [6.45, 7) is 6.09. The highest BCUT2D eigenvalue weighted by Crippen LogP contribution is 2.54. The molecule has 2 atom stereocenters. The SMILES string of the molecule is CCOC(=O)[C@H]1C(c2c(Cl)cccc2Cl)=NO[C@@]12CC(C)(C)Cc1nonc12. The van der Waals surface area contributed by atoms with Gasteiger partial charge in [0.2, 0.25) is 5.60 Å². The Kier molecular flexibility index (Phi) is 4.62. The first kappa shape index (κ1) is 19.2. The molecule has 0 unspecified atom stereocenters. The van der Waals surface area contributed by atoms with E-state index in [0.717, 1.165) is 0 Å². The van der Waals surface area contributed by atoms with E-state index in [2.05, 4.69) is 29.3 Å². The van der Waals surface area contributed by atoms with Gasteiger partial charge in [0.15, 0.2) is 11.6 Å². The summed E-state index contributed by atoms with van der Waals surface area (Å²) >= 11 is 12.8. The number of ether oxygens (including phenoxy) is 1. The van der Waals surface area contributed by atoms with Gasteiger partial charge >= 0.3 is 5.97 Å². The first-order chi connectivity index (χ1) is 13.3. The van der Waals surface area contributed by atoms with Crippen LogP contribution >= 0.6 is 23.2 Å². The second kappa shape index (κ2) is 6.74. The average molecular weight is 424 g/mol. The normalized spacial score (nSPS) is 25.2. The van der Waals surface area contributed by atoms with Crippen molar-refractivity contribution in [3.63, 3.8) is 0 Å². The molecule has 1 spiro atoms. The third kappa shape index (κ3) is 2.88. The second-order valence-corrected chi connectivity index (χ2v) is 8.63. The Morgan fingerprint density at radius 2 is 2.00 bits per heavy atom. The number of fused-ring (bicyclic) bond motifs is 2. The molecule has 28 heavy (non-hydrogen) atoms. The first-order valence-electron chi connectivity index (χ1n) is 8.98. The van der Waals surface area contributed by atoms with E-state index in [-0.39, 0.29) is 12.0 Å². The first-order valence-corrected chi connectivity index (χ1v) is 9.73. The number of carbonyl (C=O) groups is 1. The van der Waals surface area contributed by atoms with Crippen LogP contribution in [-0.2, 0) is 26.4 Å². The second-order valence-electron chi connectivity index (χ2n) is 7.82. The number of oxime groups is 1. The van der Waals surface area contributed by atoms with Crippen LogP contribution in [0.2, 0.25) is 10.0 Å². The van der Waals surface area contributed by atoms with Gasteiger partial charge < -0.3 is 9.57 Å². The fourth-order valence-electron chi connectivity index (χ4n) is 4.19. The molecule has 0 saturated carbocycles. The standard InChI is InChI=1S/C19H19Cl2N3O4/c1-4-26-17(25)14-15(13-10(20)6-5-7-11(13)21)23-27-19(14)9-18(2,3)8-12-16(19)24-28-22-12/h5-7,14H,4,8-9H2,1-3H3/t14-,19+/m1/s1. The molecular weight excluding hydrogens is 405 g/mol. The number of hydrogen-bond acceptors (Lipinski definition) is 7. The number of benzene rings is 1. The summed E-state index contributed by atoms with van der Waals surface area (Å²) < 4.78 is 10.4. The van der Waals surface area contributed by atoms with E-state index in [1.165, 1.54) is 0 Å². The van der Waals surface area contributed by atoms with E-state index in [4.69, 9.17) is 37.4 Å². The smallest absolute Gasteiger partial charge is 0.319 e. The van der Waals surface area contributed by atoms with Crippen LogP contribution in [0.1, 0.15) is 44.1 Å². The number of rotatable bonds is 3. The molecule has 0 bridgehead atoms. The number of esters is 1. The molecule has 4 rings (SSSR count). The Bertz CT molecular complexity index is 952. The topological polar surface area (TPSA) is 86.8 Å². The molecule has 1 aromatic carbocycles. The summed E-state index contributed by atoms with van der Waals surface area (Å²) in [5, 5.41) is 13.1. The number of hydrogen-bond donors (Lipinski definition) is 0. The lowest BCUT2D eigenvalue weighted by Crippen LogP contribution is -2.49.